The fourth-order valence-electron chi connectivity index (χ4n) is 16.5. The van der Waals surface area contributed by atoms with Crippen LogP contribution in [0.5, 0.6) is 0 Å². The number of rotatable bonds is 33. The largest absolute Gasteiger partial charge is 0.394 e. The Bertz CT molecular complexity index is 3390. The van der Waals surface area contributed by atoms with Crippen molar-refractivity contribution in [3.63, 3.8) is 0 Å². The number of hydrogen-bond donors (Lipinski definition) is 35. The van der Waals surface area contributed by atoms with Crippen LogP contribution in [0.15, 0.2) is 0 Å². The Kier molecular flexibility index (Phi) is 37.7. The monoisotopic (exact) mass is 1880 g/mol. The summed E-state index contributed by atoms with van der Waals surface area (Å²) in [5.74, 6) is -1.81. The highest BCUT2D eigenvalue weighted by molar-refractivity contribution is 5.73. The minimum absolute atomic E-state index is 0.820. The van der Waals surface area contributed by atoms with Crippen LogP contribution in [0.2, 0.25) is 0 Å². The SMILES string of the molecule is CC(=O)N[C@@H]1[C@@H](O)[C@H](O[C@@H]2O[C@H](CO)[C@@H](O[C@@H]3O[C@H](CO[C@H]4O[C@H](CO)[C@@H](O)[C@H](O)[C@@H]4O[C@H]4O[C@H](CO)[C@@H](O)[C@H](O)[C@@H]4O[C@H]4O[C@H](CO)[C@@H](O)[C@H](O)[C@@H]4O)[C@@H](O)[C@H](O[C@H]4O[C@H](CO)[C@@H](O)[C@H](O)[C@@H]4O[C@H]4O[C@H](CO)[C@@H](O)[C@H](O)[C@@H]4O[C@H]4O[C@H](CO)[C@@H](O)[C@H](O)[C@@H]4O[C@H]4O[C@H](CO)[C@@H](O)[C@H](O)[C@@H]4O[C@H]4O[C@H](CO)[C@@H](O)[C@H](O)[C@@H]4O)[C@@H]3O)[C@H](O)[C@H]2NC(C)=O)[C@@H](CO)O[C@H]1O. The highest BCUT2D eigenvalue weighted by Gasteiger charge is 2.63. The molecule has 744 valence electrons. The summed E-state index contributed by atoms with van der Waals surface area (Å²) in [4.78, 5) is 25.3. The molecule has 0 aromatic carbocycles. The van der Waals surface area contributed by atoms with Crippen LogP contribution in [0.25, 0.3) is 0 Å². The molecule has 0 unspecified atom stereocenters. The second kappa shape index (κ2) is 45.8. The van der Waals surface area contributed by atoms with Gasteiger partial charge in [0.15, 0.2) is 69.2 Å². The smallest absolute Gasteiger partial charge is 0.217 e. The van der Waals surface area contributed by atoms with Gasteiger partial charge in [-0.15, -0.1) is 0 Å². The van der Waals surface area contributed by atoms with Crippen molar-refractivity contribution in [2.75, 3.05) is 72.7 Å². The molecule has 0 spiro atoms. The van der Waals surface area contributed by atoms with E-state index < -0.39 is 422 Å². The number of carbonyl (C=O) groups is 2. The van der Waals surface area contributed by atoms with Crippen molar-refractivity contribution in [1.29, 1.82) is 0 Å². The van der Waals surface area contributed by atoms with E-state index in [4.69, 9.17) is 99.5 Å². The molecule has 128 heavy (non-hydrogen) atoms. The molecule has 0 aliphatic carbocycles. The molecular formula is C70H118N2O56. The Morgan fingerprint density at radius 3 is 0.734 bits per heavy atom. The van der Waals surface area contributed by atoms with Gasteiger partial charge in [0.2, 0.25) is 11.8 Å². The van der Waals surface area contributed by atoms with Crippen LogP contribution in [-0.4, -0.2) is 591 Å². The van der Waals surface area contributed by atoms with Crippen molar-refractivity contribution in [3.05, 3.63) is 0 Å². The molecule has 0 bridgehead atoms. The summed E-state index contributed by atoms with van der Waals surface area (Å²) < 4.78 is 124. The molecule has 55 atom stereocenters. The molecule has 11 fully saturated rings. The summed E-state index contributed by atoms with van der Waals surface area (Å²) in [6.45, 7) is -11.0. The fraction of sp³-hybridized carbons (Fsp3) is 0.971. The number of aliphatic hydroxyl groups excluding tert-OH is 33. The number of carbonyl (C=O) groups excluding carboxylic acids is 2. The molecule has 11 aliphatic heterocycles. The summed E-state index contributed by atoms with van der Waals surface area (Å²) in [6, 6.07) is -3.69. The van der Waals surface area contributed by atoms with Crippen molar-refractivity contribution >= 4 is 11.8 Å². The third-order valence-electron chi connectivity index (χ3n) is 23.8. The van der Waals surface area contributed by atoms with Crippen LogP contribution in [0.4, 0.5) is 0 Å². The molecule has 2 amide bonds. The molecule has 11 rings (SSSR count). The topological polar surface area (TPSA) is 920 Å². The zero-order valence-corrected chi connectivity index (χ0v) is 67.7. The number of ether oxygens (including phenoxy) is 21. The molecule has 11 saturated heterocycles. The van der Waals surface area contributed by atoms with Crippen LogP contribution >= 0.6 is 0 Å². The number of hydrogen-bond acceptors (Lipinski definition) is 56. The van der Waals surface area contributed by atoms with E-state index in [0.29, 0.717) is 0 Å². The standard InChI is InChI=1S/C70H118N2O56/c1-14(83)71-27-38(94)51(24(11-81)109-60(27)107)120-61-28(72-15(2)84)39(95)52(25(12-82)118-61)121-64-50(106)53(37(93)26(119-64)13-108-65-54(42(98)31(87)18(5-75)112-65)125-67-55(43(99)32(88)20(7-77)114-67)123-62-48(104)40(96)29(85)16(3-73)110-62)122-66-57(45(101)34(90)19(6-76)113-66)126-69-59(47(103)36(92)22(9-79)116-69)128-70-58(46(102)35(91)23(10-80)117-70)127-68-56(44(100)33(89)21(8-78)115-68)124-63-49(105)41(97)30(86)17(4-74)111-63/h16-70,73-82,85-107H,3-13H2,1-2H3,(H,71,83)(H,72,84)/t16-,17-,18-,19-,20-,21-,22-,23-,24-,25-,26-,27-,28-,29-,30-,31-,32-,33-,34-,35-,36-,37-,38-,39-,40+,41+,42+,43+,44+,45+,46+,47+,48+,49+,50+,51-,52-,53+,54+,55+,56+,57+,58+,59+,60-,61+,62-,63-,64+,65+,66-,67-,68-,69-,70-/m1/s1. The van der Waals surface area contributed by atoms with E-state index in [9.17, 15) is 178 Å². The van der Waals surface area contributed by atoms with Gasteiger partial charge in [0.25, 0.3) is 0 Å². The first-order chi connectivity index (χ1) is 60.7. The summed E-state index contributed by atoms with van der Waals surface area (Å²) in [6.07, 6.45) is -118. The van der Waals surface area contributed by atoms with Gasteiger partial charge >= 0.3 is 0 Å². The highest BCUT2D eigenvalue weighted by Crippen LogP contribution is 2.42. The third-order valence-corrected chi connectivity index (χ3v) is 23.8. The van der Waals surface area contributed by atoms with E-state index in [1.807, 2.05) is 0 Å². The Morgan fingerprint density at radius 1 is 0.203 bits per heavy atom. The number of nitrogens with one attached hydrogen (secondary N) is 2. The van der Waals surface area contributed by atoms with Gasteiger partial charge in [0, 0.05) is 13.8 Å². The van der Waals surface area contributed by atoms with Crippen LogP contribution < -0.4 is 10.6 Å². The first-order valence-electron chi connectivity index (χ1n) is 40.7. The predicted molar refractivity (Wildman–Crippen MR) is 386 cm³/mol. The normalized spacial score (nSPS) is 51.7. The molecule has 0 radical (unpaired) electrons. The summed E-state index contributed by atoms with van der Waals surface area (Å²) in [7, 11) is 0. The summed E-state index contributed by atoms with van der Waals surface area (Å²) in [5, 5.41) is 373. The maximum atomic E-state index is 13.1. The molecule has 11 aliphatic rings. The van der Waals surface area contributed by atoms with Gasteiger partial charge in [0.05, 0.1) is 72.7 Å². The van der Waals surface area contributed by atoms with Crippen molar-refractivity contribution in [3.8, 4) is 0 Å². The number of amides is 2. The first-order valence-corrected chi connectivity index (χ1v) is 40.7. The molecule has 35 N–H and O–H groups in total. The molecule has 58 heteroatoms. The van der Waals surface area contributed by atoms with E-state index in [0.717, 1.165) is 13.8 Å². The van der Waals surface area contributed by atoms with E-state index in [-0.39, 0.29) is 0 Å². The Labute approximate surface area is 722 Å². The average Bonchev–Trinajstić information content (AvgIpc) is 0.810. The Morgan fingerprint density at radius 2 is 0.422 bits per heavy atom. The molecule has 0 saturated carbocycles. The molecular weight excluding hydrogens is 1760 g/mol. The minimum atomic E-state index is -2.70. The zero-order chi connectivity index (χ0) is 94.0. The summed E-state index contributed by atoms with van der Waals surface area (Å²) >= 11 is 0. The van der Waals surface area contributed by atoms with Crippen LogP contribution in [0.1, 0.15) is 13.8 Å². The maximum absolute atomic E-state index is 13.1. The predicted octanol–water partition coefficient (Wildman–Crippen LogP) is -24.7. The lowest BCUT2D eigenvalue weighted by molar-refractivity contribution is -0.418. The Balaban J connectivity index is 0.937. The fourth-order valence-corrected chi connectivity index (χ4v) is 16.5. The summed E-state index contributed by atoms with van der Waals surface area (Å²) in [5.41, 5.74) is 0. The van der Waals surface area contributed by atoms with Gasteiger partial charge in [-0.25, -0.2) is 0 Å². The van der Waals surface area contributed by atoms with Crippen LogP contribution in [0.3, 0.4) is 0 Å². The van der Waals surface area contributed by atoms with Crippen LogP contribution in [-0.2, 0) is 109 Å². The minimum Gasteiger partial charge on any atom is -0.394 e. The van der Waals surface area contributed by atoms with Crippen molar-refractivity contribution in [2.45, 2.75) is 351 Å². The second-order valence-electron chi connectivity index (χ2n) is 32.3. The van der Waals surface area contributed by atoms with Gasteiger partial charge in [0.1, 0.15) is 268 Å². The molecule has 58 nitrogen and oxygen atoms in total. The Hall–Kier alpha value is -3.22. The van der Waals surface area contributed by atoms with Gasteiger partial charge < -0.3 is 279 Å². The lowest BCUT2D eigenvalue weighted by atomic mass is 9.94. The van der Waals surface area contributed by atoms with Crippen LogP contribution in [0, 0.1) is 0 Å². The van der Waals surface area contributed by atoms with Crippen molar-refractivity contribution < 1.29 is 278 Å². The first kappa shape index (κ1) is 105. The molecule has 11 heterocycles. The van der Waals surface area contributed by atoms with E-state index in [1.165, 1.54) is 0 Å². The quantitative estimate of drug-likeness (QED) is 0.0290. The van der Waals surface area contributed by atoms with Gasteiger partial charge in [-0.3, -0.25) is 9.59 Å². The lowest BCUT2D eigenvalue weighted by Gasteiger charge is -2.51. The highest BCUT2D eigenvalue weighted by atomic mass is 16.8. The third kappa shape index (κ3) is 22.3. The molecule has 0 aromatic heterocycles. The van der Waals surface area contributed by atoms with Gasteiger partial charge in [-0.2, -0.15) is 0 Å². The van der Waals surface area contributed by atoms with Crippen molar-refractivity contribution in [1.82, 2.24) is 10.6 Å². The average molecular weight is 1880 g/mol. The maximum Gasteiger partial charge on any atom is 0.217 e. The van der Waals surface area contributed by atoms with Crippen molar-refractivity contribution in [2.24, 2.45) is 0 Å². The van der Waals surface area contributed by atoms with E-state index in [1.54, 1.807) is 0 Å². The van der Waals surface area contributed by atoms with E-state index >= 15 is 0 Å². The zero-order valence-electron chi connectivity index (χ0n) is 67.7. The molecule has 0 aromatic rings. The number of aliphatic hydroxyl groups is 33. The lowest BCUT2D eigenvalue weighted by Crippen LogP contribution is -2.70. The second-order valence-corrected chi connectivity index (χ2v) is 32.3. The van der Waals surface area contributed by atoms with Gasteiger partial charge in [-0.1, -0.05) is 0 Å². The van der Waals surface area contributed by atoms with E-state index in [2.05, 4.69) is 10.6 Å². The van der Waals surface area contributed by atoms with Gasteiger partial charge in [-0.05, 0) is 0 Å².